The summed E-state index contributed by atoms with van der Waals surface area (Å²) in [5.74, 6) is 0.659. The van der Waals surface area contributed by atoms with Gasteiger partial charge in [0.1, 0.15) is 0 Å². The maximum Gasteiger partial charge on any atom is 0.255 e. The lowest BCUT2D eigenvalue weighted by Crippen LogP contribution is -2.33. The Morgan fingerprint density at radius 3 is 2.68 bits per heavy atom. The first-order valence-corrected chi connectivity index (χ1v) is 6.97. The van der Waals surface area contributed by atoms with Crippen LogP contribution in [0.25, 0.3) is 0 Å². The van der Waals surface area contributed by atoms with Gasteiger partial charge in [0.05, 0.1) is 5.56 Å². The molecule has 0 aliphatic heterocycles. The molecule has 0 aromatic carbocycles. The molecule has 1 rings (SSSR count). The minimum absolute atomic E-state index is 0.0607. The summed E-state index contributed by atoms with van der Waals surface area (Å²) < 4.78 is 0. The molecule has 0 saturated heterocycles. The fourth-order valence-corrected chi connectivity index (χ4v) is 2.00. The Hall–Kier alpha value is -1.58. The highest BCUT2D eigenvalue weighted by atomic mass is 16.1. The summed E-state index contributed by atoms with van der Waals surface area (Å²) in [5.41, 5.74) is 1.41. The van der Waals surface area contributed by atoms with Crippen molar-refractivity contribution in [3.63, 3.8) is 0 Å². The van der Waals surface area contributed by atoms with Gasteiger partial charge < -0.3 is 10.6 Å². The van der Waals surface area contributed by atoms with Crippen molar-refractivity contribution in [3.05, 3.63) is 24.0 Å². The number of aromatic nitrogens is 1. The minimum atomic E-state index is -0.0607. The number of pyridine rings is 1. The largest absolute Gasteiger partial charge is 0.387 e. The summed E-state index contributed by atoms with van der Waals surface area (Å²) in [6.45, 7) is 6.49. The van der Waals surface area contributed by atoms with Crippen LogP contribution in [0.5, 0.6) is 0 Å². The molecule has 0 aliphatic rings. The number of carbonyl (C=O) groups is 1. The monoisotopic (exact) mass is 263 g/mol. The van der Waals surface area contributed by atoms with E-state index in [0.29, 0.717) is 5.56 Å². The van der Waals surface area contributed by atoms with Crippen molar-refractivity contribution in [2.24, 2.45) is 5.92 Å². The van der Waals surface area contributed by atoms with E-state index in [9.17, 15) is 4.79 Å². The molecule has 0 saturated carbocycles. The topological polar surface area (TPSA) is 54.0 Å². The van der Waals surface area contributed by atoms with Crippen LogP contribution in [-0.4, -0.2) is 24.0 Å². The van der Waals surface area contributed by atoms with Crippen molar-refractivity contribution in [3.8, 4) is 0 Å². The zero-order valence-electron chi connectivity index (χ0n) is 12.4. The van der Waals surface area contributed by atoms with Crippen molar-refractivity contribution in [1.29, 1.82) is 0 Å². The van der Waals surface area contributed by atoms with Gasteiger partial charge in [0.2, 0.25) is 0 Å². The summed E-state index contributed by atoms with van der Waals surface area (Å²) >= 11 is 0. The van der Waals surface area contributed by atoms with Crippen LogP contribution in [0, 0.1) is 5.92 Å². The standard InChI is InChI=1S/C15H25N3O/c1-11(2)6-5-7-12(3)18-15(19)13-10-17-9-8-14(13)16-4/h8-12H,5-7H2,1-4H3,(H,16,17)(H,18,19). The van der Waals surface area contributed by atoms with Crippen LogP contribution >= 0.6 is 0 Å². The number of rotatable bonds is 7. The molecule has 0 bridgehead atoms. The second-order valence-corrected chi connectivity index (χ2v) is 5.37. The normalized spacial score (nSPS) is 12.3. The maximum absolute atomic E-state index is 12.1. The number of anilines is 1. The molecule has 1 heterocycles. The highest BCUT2D eigenvalue weighted by Crippen LogP contribution is 2.13. The molecule has 1 atom stereocenters. The predicted molar refractivity (Wildman–Crippen MR) is 79.4 cm³/mol. The Bertz CT molecular complexity index is 404. The van der Waals surface area contributed by atoms with Crippen LogP contribution in [0.3, 0.4) is 0 Å². The Labute approximate surface area is 116 Å². The molecule has 1 unspecified atom stereocenters. The van der Waals surface area contributed by atoms with Gasteiger partial charge in [-0.1, -0.05) is 26.7 Å². The van der Waals surface area contributed by atoms with Gasteiger partial charge in [-0.3, -0.25) is 9.78 Å². The van der Waals surface area contributed by atoms with E-state index in [2.05, 4.69) is 29.5 Å². The maximum atomic E-state index is 12.1. The van der Waals surface area contributed by atoms with E-state index in [4.69, 9.17) is 0 Å². The van der Waals surface area contributed by atoms with Gasteiger partial charge in [-0.2, -0.15) is 0 Å². The van der Waals surface area contributed by atoms with Crippen LogP contribution in [0.2, 0.25) is 0 Å². The van der Waals surface area contributed by atoms with Crippen molar-refractivity contribution in [2.45, 2.75) is 46.1 Å². The van der Waals surface area contributed by atoms with Crippen LogP contribution in [0.4, 0.5) is 5.69 Å². The molecule has 4 nitrogen and oxygen atoms in total. The van der Waals surface area contributed by atoms with Crippen molar-refractivity contribution in [1.82, 2.24) is 10.3 Å². The average molecular weight is 263 g/mol. The highest BCUT2D eigenvalue weighted by Gasteiger charge is 2.13. The number of nitrogens with zero attached hydrogens (tertiary/aromatic N) is 1. The van der Waals surface area contributed by atoms with E-state index in [1.54, 1.807) is 25.5 Å². The van der Waals surface area contributed by atoms with Crippen LogP contribution in [0.1, 0.15) is 50.4 Å². The summed E-state index contributed by atoms with van der Waals surface area (Å²) in [6.07, 6.45) is 6.63. The highest BCUT2D eigenvalue weighted by molar-refractivity contribution is 5.99. The van der Waals surface area contributed by atoms with E-state index < -0.39 is 0 Å². The van der Waals surface area contributed by atoms with Gasteiger partial charge in [0, 0.05) is 31.2 Å². The predicted octanol–water partition coefficient (Wildman–Crippen LogP) is 3.07. The van der Waals surface area contributed by atoms with E-state index in [0.717, 1.165) is 24.4 Å². The second kappa shape index (κ2) is 7.77. The second-order valence-electron chi connectivity index (χ2n) is 5.37. The van der Waals surface area contributed by atoms with E-state index in [1.165, 1.54) is 6.42 Å². The summed E-state index contributed by atoms with van der Waals surface area (Å²) in [7, 11) is 1.80. The zero-order valence-corrected chi connectivity index (χ0v) is 12.4. The Morgan fingerprint density at radius 1 is 1.32 bits per heavy atom. The molecule has 1 aromatic rings. The minimum Gasteiger partial charge on any atom is -0.387 e. The molecule has 106 valence electrons. The lowest BCUT2D eigenvalue weighted by molar-refractivity contribution is 0.0938. The molecular formula is C15H25N3O. The lowest BCUT2D eigenvalue weighted by Gasteiger charge is -2.15. The number of carbonyl (C=O) groups excluding carboxylic acids is 1. The number of amides is 1. The first-order valence-electron chi connectivity index (χ1n) is 6.97. The van der Waals surface area contributed by atoms with E-state index in [1.807, 2.05) is 6.92 Å². The Kier molecular flexibility index (Phi) is 6.33. The fraction of sp³-hybridized carbons (Fsp3) is 0.600. The summed E-state index contributed by atoms with van der Waals surface area (Å²) in [5, 5.41) is 6.03. The molecule has 2 N–H and O–H groups in total. The first-order chi connectivity index (χ1) is 9.04. The molecule has 0 fully saturated rings. The molecule has 1 aromatic heterocycles. The van der Waals surface area contributed by atoms with Crippen LogP contribution in [0.15, 0.2) is 18.5 Å². The van der Waals surface area contributed by atoms with Gasteiger partial charge in [0.15, 0.2) is 0 Å². The molecule has 0 aliphatic carbocycles. The third-order valence-electron chi connectivity index (χ3n) is 3.13. The van der Waals surface area contributed by atoms with Gasteiger partial charge >= 0.3 is 0 Å². The van der Waals surface area contributed by atoms with Crippen molar-refractivity contribution in [2.75, 3.05) is 12.4 Å². The molecule has 0 radical (unpaired) electrons. The number of nitrogens with one attached hydrogen (secondary N) is 2. The van der Waals surface area contributed by atoms with Crippen LogP contribution in [-0.2, 0) is 0 Å². The average Bonchev–Trinajstić information content (AvgIpc) is 2.38. The van der Waals surface area contributed by atoms with Gasteiger partial charge in [0.25, 0.3) is 5.91 Å². The van der Waals surface area contributed by atoms with Gasteiger partial charge in [-0.15, -0.1) is 0 Å². The zero-order chi connectivity index (χ0) is 14.3. The third kappa shape index (κ3) is 5.28. The van der Waals surface area contributed by atoms with Crippen LogP contribution < -0.4 is 10.6 Å². The van der Waals surface area contributed by atoms with Gasteiger partial charge in [-0.25, -0.2) is 0 Å². The molecule has 19 heavy (non-hydrogen) atoms. The lowest BCUT2D eigenvalue weighted by atomic mass is 10.0. The fourth-order valence-electron chi connectivity index (χ4n) is 2.00. The van der Waals surface area contributed by atoms with E-state index in [-0.39, 0.29) is 11.9 Å². The number of hydrogen-bond donors (Lipinski definition) is 2. The molecule has 1 amide bonds. The molecule has 4 heteroatoms. The van der Waals surface area contributed by atoms with Gasteiger partial charge in [-0.05, 0) is 25.3 Å². The van der Waals surface area contributed by atoms with Crippen molar-refractivity contribution < 1.29 is 4.79 Å². The quantitative estimate of drug-likeness (QED) is 0.795. The Morgan fingerprint density at radius 2 is 2.05 bits per heavy atom. The number of hydrogen-bond acceptors (Lipinski definition) is 3. The smallest absolute Gasteiger partial charge is 0.255 e. The third-order valence-corrected chi connectivity index (χ3v) is 3.13. The molecular weight excluding hydrogens is 238 g/mol. The van der Waals surface area contributed by atoms with E-state index >= 15 is 0 Å². The summed E-state index contributed by atoms with van der Waals surface area (Å²) in [4.78, 5) is 16.1. The first kappa shape index (κ1) is 15.5. The summed E-state index contributed by atoms with van der Waals surface area (Å²) in [6, 6.07) is 1.99. The molecule has 0 spiro atoms. The van der Waals surface area contributed by atoms with Crippen molar-refractivity contribution >= 4 is 11.6 Å². The SMILES string of the molecule is CNc1ccncc1C(=O)NC(C)CCCC(C)C. The Balaban J connectivity index is 2.50.